The number of nitrogens with zero attached hydrogens (tertiary/aromatic N) is 3. The SMILES string of the molecule is Cc1ccc(C2CC2COc2nc(C)ncc2-c2ccc(=O)n(-c3ccccc3)c2)c(C)c1. The van der Waals surface area contributed by atoms with Crippen LogP contribution in [0.15, 0.2) is 77.9 Å². The highest BCUT2D eigenvalue weighted by Crippen LogP contribution is 2.48. The summed E-state index contributed by atoms with van der Waals surface area (Å²) in [4.78, 5) is 21.5. The molecule has 0 aliphatic heterocycles. The van der Waals surface area contributed by atoms with Gasteiger partial charge in [0.05, 0.1) is 12.2 Å². The molecule has 2 heterocycles. The van der Waals surface area contributed by atoms with Gasteiger partial charge in [-0.2, -0.15) is 4.98 Å². The fourth-order valence-electron chi connectivity index (χ4n) is 4.43. The van der Waals surface area contributed by atoms with E-state index in [1.807, 2.05) is 43.5 Å². The van der Waals surface area contributed by atoms with Gasteiger partial charge in [0, 0.05) is 35.6 Å². The number of rotatable bonds is 6. The molecule has 1 aliphatic rings. The molecule has 0 saturated heterocycles. The van der Waals surface area contributed by atoms with E-state index >= 15 is 0 Å². The van der Waals surface area contributed by atoms with Gasteiger partial charge in [0.1, 0.15) is 5.82 Å². The molecular weight excluding hydrogens is 410 g/mol. The second kappa shape index (κ2) is 8.66. The van der Waals surface area contributed by atoms with Crippen LogP contribution in [0.1, 0.15) is 34.9 Å². The zero-order chi connectivity index (χ0) is 22.9. The van der Waals surface area contributed by atoms with Crippen LogP contribution in [-0.4, -0.2) is 21.1 Å². The summed E-state index contributed by atoms with van der Waals surface area (Å²) in [6, 6.07) is 19.7. The predicted octanol–water partition coefficient (Wildman–Crippen LogP) is 5.40. The number of hydrogen-bond acceptors (Lipinski definition) is 4. The zero-order valence-electron chi connectivity index (χ0n) is 19.2. The molecule has 4 aromatic rings. The van der Waals surface area contributed by atoms with Gasteiger partial charge >= 0.3 is 0 Å². The van der Waals surface area contributed by atoms with E-state index in [4.69, 9.17) is 4.74 Å². The molecule has 5 rings (SSSR count). The van der Waals surface area contributed by atoms with Crippen LogP contribution in [-0.2, 0) is 0 Å². The van der Waals surface area contributed by atoms with Crippen LogP contribution in [0.2, 0.25) is 0 Å². The van der Waals surface area contributed by atoms with Crippen molar-refractivity contribution in [2.45, 2.75) is 33.1 Å². The van der Waals surface area contributed by atoms with Gasteiger partial charge in [-0.05, 0) is 62.4 Å². The Bertz CT molecular complexity index is 1360. The topological polar surface area (TPSA) is 57.0 Å². The maximum absolute atomic E-state index is 12.5. The molecule has 33 heavy (non-hydrogen) atoms. The molecule has 166 valence electrons. The monoisotopic (exact) mass is 437 g/mol. The van der Waals surface area contributed by atoms with E-state index in [2.05, 4.69) is 42.0 Å². The predicted molar refractivity (Wildman–Crippen MR) is 130 cm³/mol. The van der Waals surface area contributed by atoms with Crippen molar-refractivity contribution in [3.8, 4) is 22.7 Å². The Balaban J connectivity index is 1.39. The fraction of sp³-hybridized carbons (Fsp3) is 0.250. The minimum Gasteiger partial charge on any atom is -0.477 e. The number of aryl methyl sites for hydroxylation is 3. The number of pyridine rings is 1. The second-order valence-electron chi connectivity index (χ2n) is 8.87. The Morgan fingerprint density at radius 2 is 1.85 bits per heavy atom. The quantitative estimate of drug-likeness (QED) is 0.405. The molecule has 5 heteroatoms. The molecule has 5 nitrogen and oxygen atoms in total. The molecule has 2 atom stereocenters. The lowest BCUT2D eigenvalue weighted by atomic mass is 10.0. The van der Waals surface area contributed by atoms with E-state index in [1.54, 1.807) is 22.9 Å². The largest absolute Gasteiger partial charge is 0.477 e. The highest BCUT2D eigenvalue weighted by Gasteiger charge is 2.39. The summed E-state index contributed by atoms with van der Waals surface area (Å²) in [5, 5.41) is 0. The molecule has 1 fully saturated rings. The van der Waals surface area contributed by atoms with Crippen molar-refractivity contribution in [1.82, 2.24) is 14.5 Å². The lowest BCUT2D eigenvalue weighted by molar-refractivity contribution is 0.286. The average Bonchev–Trinajstić information content (AvgIpc) is 3.58. The Kier molecular flexibility index (Phi) is 5.55. The molecule has 2 unspecified atom stereocenters. The first-order valence-corrected chi connectivity index (χ1v) is 11.3. The first-order valence-electron chi connectivity index (χ1n) is 11.3. The molecule has 1 saturated carbocycles. The number of hydrogen-bond donors (Lipinski definition) is 0. The Hall–Kier alpha value is -3.73. The van der Waals surface area contributed by atoms with E-state index < -0.39 is 0 Å². The van der Waals surface area contributed by atoms with Crippen molar-refractivity contribution in [2.24, 2.45) is 5.92 Å². The third-order valence-electron chi connectivity index (χ3n) is 6.31. The molecule has 0 N–H and O–H groups in total. The van der Waals surface area contributed by atoms with Gasteiger partial charge in [0.25, 0.3) is 5.56 Å². The van der Waals surface area contributed by atoms with E-state index in [0.29, 0.717) is 30.1 Å². The van der Waals surface area contributed by atoms with Crippen LogP contribution in [0.4, 0.5) is 0 Å². The van der Waals surface area contributed by atoms with Crippen LogP contribution < -0.4 is 10.3 Å². The molecule has 0 amide bonds. The van der Waals surface area contributed by atoms with Crippen LogP contribution in [0, 0.1) is 26.7 Å². The van der Waals surface area contributed by atoms with Gasteiger partial charge in [-0.3, -0.25) is 9.36 Å². The highest BCUT2D eigenvalue weighted by atomic mass is 16.5. The van der Waals surface area contributed by atoms with Crippen molar-refractivity contribution >= 4 is 0 Å². The Morgan fingerprint density at radius 1 is 1.03 bits per heavy atom. The van der Waals surface area contributed by atoms with Gasteiger partial charge in [-0.25, -0.2) is 4.98 Å². The number of para-hydroxylation sites is 1. The first-order chi connectivity index (χ1) is 16.0. The lowest BCUT2D eigenvalue weighted by Crippen LogP contribution is -2.16. The third-order valence-corrected chi connectivity index (χ3v) is 6.31. The lowest BCUT2D eigenvalue weighted by Gasteiger charge is -2.13. The fourth-order valence-corrected chi connectivity index (χ4v) is 4.43. The second-order valence-corrected chi connectivity index (χ2v) is 8.87. The maximum Gasteiger partial charge on any atom is 0.255 e. The number of ether oxygens (including phenoxy) is 1. The van der Waals surface area contributed by atoms with Crippen molar-refractivity contribution < 1.29 is 4.74 Å². The molecule has 1 aliphatic carbocycles. The Labute approximate surface area is 193 Å². The summed E-state index contributed by atoms with van der Waals surface area (Å²) in [6.07, 6.45) is 4.73. The first kappa shape index (κ1) is 21.1. The minimum absolute atomic E-state index is 0.0882. The van der Waals surface area contributed by atoms with Gasteiger partial charge < -0.3 is 4.74 Å². The molecule has 0 bridgehead atoms. The zero-order valence-corrected chi connectivity index (χ0v) is 19.2. The smallest absolute Gasteiger partial charge is 0.255 e. The number of benzene rings is 2. The van der Waals surface area contributed by atoms with Crippen molar-refractivity contribution in [3.05, 3.63) is 106 Å². The summed E-state index contributed by atoms with van der Waals surface area (Å²) in [7, 11) is 0. The molecule has 2 aromatic heterocycles. The summed E-state index contributed by atoms with van der Waals surface area (Å²) >= 11 is 0. The molecule has 0 spiro atoms. The van der Waals surface area contributed by atoms with E-state index in [1.165, 1.54) is 16.7 Å². The Morgan fingerprint density at radius 3 is 2.64 bits per heavy atom. The standard InChI is InChI=1S/C28H27N3O2/c1-18-9-11-24(19(2)13-18)25-14-22(25)17-33-28-26(15-29-20(3)30-28)21-10-12-27(32)31(16-21)23-7-5-4-6-8-23/h4-13,15-16,22,25H,14,17H2,1-3H3. The number of aromatic nitrogens is 3. The summed E-state index contributed by atoms with van der Waals surface area (Å²) in [6.45, 7) is 6.78. The average molecular weight is 438 g/mol. The van der Waals surface area contributed by atoms with Crippen molar-refractivity contribution in [1.29, 1.82) is 0 Å². The normalized spacial score (nSPS) is 17.1. The van der Waals surface area contributed by atoms with Gasteiger partial charge in [0.2, 0.25) is 5.88 Å². The summed E-state index contributed by atoms with van der Waals surface area (Å²) in [5.74, 6) is 2.24. The van der Waals surface area contributed by atoms with E-state index in [0.717, 1.165) is 23.2 Å². The van der Waals surface area contributed by atoms with Crippen molar-refractivity contribution in [2.75, 3.05) is 6.61 Å². The van der Waals surface area contributed by atoms with Gasteiger partial charge in [-0.15, -0.1) is 0 Å². The minimum atomic E-state index is -0.0882. The van der Waals surface area contributed by atoms with Crippen LogP contribution in [0.3, 0.4) is 0 Å². The highest BCUT2D eigenvalue weighted by molar-refractivity contribution is 5.67. The van der Waals surface area contributed by atoms with Crippen molar-refractivity contribution in [3.63, 3.8) is 0 Å². The maximum atomic E-state index is 12.5. The van der Waals surface area contributed by atoms with Crippen LogP contribution >= 0.6 is 0 Å². The molecule has 2 aromatic carbocycles. The van der Waals surface area contributed by atoms with Crippen LogP contribution in [0.5, 0.6) is 5.88 Å². The van der Waals surface area contributed by atoms with Crippen LogP contribution in [0.25, 0.3) is 16.8 Å². The van der Waals surface area contributed by atoms with Gasteiger partial charge in [0.15, 0.2) is 0 Å². The summed E-state index contributed by atoms with van der Waals surface area (Å²) in [5.41, 5.74) is 6.42. The third kappa shape index (κ3) is 4.44. The molecular formula is C28H27N3O2. The van der Waals surface area contributed by atoms with E-state index in [9.17, 15) is 4.79 Å². The van der Waals surface area contributed by atoms with E-state index in [-0.39, 0.29) is 5.56 Å². The molecule has 0 radical (unpaired) electrons. The van der Waals surface area contributed by atoms with Gasteiger partial charge in [-0.1, -0.05) is 42.0 Å². The summed E-state index contributed by atoms with van der Waals surface area (Å²) < 4.78 is 7.88.